The number of nitrogens with zero attached hydrogens (tertiary/aromatic N) is 1. The van der Waals surface area contributed by atoms with Crippen molar-refractivity contribution >= 4 is 41.4 Å². The van der Waals surface area contributed by atoms with E-state index in [-0.39, 0.29) is 22.9 Å². The molecule has 0 aliphatic carbocycles. The maximum Gasteiger partial charge on any atom is 0.341 e. The van der Waals surface area contributed by atoms with Crippen molar-refractivity contribution in [3.05, 3.63) is 46.5 Å². The van der Waals surface area contributed by atoms with Crippen LogP contribution in [0.4, 0.5) is 0 Å². The predicted molar refractivity (Wildman–Crippen MR) is 93.4 cm³/mol. The van der Waals surface area contributed by atoms with Crippen molar-refractivity contribution in [2.45, 2.75) is 13.3 Å². The number of hydrogen-bond donors (Lipinski definition) is 0. The number of esters is 2. The van der Waals surface area contributed by atoms with Crippen LogP contribution in [0, 0.1) is 0 Å². The van der Waals surface area contributed by atoms with Gasteiger partial charge in [0.25, 0.3) is 11.8 Å². The van der Waals surface area contributed by atoms with E-state index in [2.05, 4.69) is 4.74 Å². The molecule has 0 atom stereocenters. The molecule has 1 aromatic rings. The van der Waals surface area contributed by atoms with Crippen LogP contribution >= 0.6 is 11.6 Å². The monoisotopic (exact) mass is 377 g/mol. The molecule has 0 unspecified atom stereocenters. The van der Waals surface area contributed by atoms with Gasteiger partial charge in [-0.1, -0.05) is 23.7 Å². The fourth-order valence-corrected chi connectivity index (χ4v) is 2.48. The van der Waals surface area contributed by atoms with Crippen LogP contribution in [0.5, 0.6) is 5.75 Å². The summed E-state index contributed by atoms with van der Waals surface area (Å²) < 4.78 is 9.63. The topological polar surface area (TPSA) is 90.0 Å². The van der Waals surface area contributed by atoms with E-state index in [4.69, 9.17) is 16.3 Å². The molecule has 26 heavy (non-hydrogen) atoms. The molecule has 0 aromatic heterocycles. The van der Waals surface area contributed by atoms with E-state index in [9.17, 15) is 19.2 Å². The number of rotatable bonds is 4. The van der Waals surface area contributed by atoms with Crippen LogP contribution in [0.15, 0.2) is 35.4 Å². The maximum absolute atomic E-state index is 12.2. The van der Waals surface area contributed by atoms with Gasteiger partial charge in [0.2, 0.25) is 0 Å². The quantitative estimate of drug-likeness (QED) is 0.454. The Kier molecular flexibility index (Phi) is 6.30. The van der Waals surface area contributed by atoms with Crippen LogP contribution in [-0.4, -0.2) is 42.3 Å². The summed E-state index contributed by atoms with van der Waals surface area (Å²) in [5, 5.41) is 0.0108. The first-order valence-electron chi connectivity index (χ1n) is 7.64. The molecule has 1 aliphatic heterocycles. The zero-order chi connectivity index (χ0) is 19.3. The van der Waals surface area contributed by atoms with Gasteiger partial charge < -0.3 is 9.47 Å². The first-order valence-corrected chi connectivity index (χ1v) is 8.01. The fraction of sp³-hybridized carbons (Fsp3) is 0.222. The van der Waals surface area contributed by atoms with Gasteiger partial charge in [-0.2, -0.15) is 0 Å². The number of imide groups is 1. The number of methoxy groups -OCH3 is 1. The normalized spacial score (nSPS) is 14.2. The molecule has 136 valence electrons. The number of halogens is 1. The van der Waals surface area contributed by atoms with Crippen molar-refractivity contribution < 1.29 is 28.7 Å². The number of benzene rings is 1. The molecule has 2 amide bonds. The third kappa shape index (κ3) is 4.58. The lowest BCUT2D eigenvalue weighted by molar-refractivity contribution is -0.139. The molecule has 1 aliphatic rings. The Morgan fingerprint density at radius 2 is 2.00 bits per heavy atom. The summed E-state index contributed by atoms with van der Waals surface area (Å²) in [6.07, 6.45) is 4.70. The third-order valence-electron chi connectivity index (χ3n) is 3.47. The summed E-state index contributed by atoms with van der Waals surface area (Å²) in [5.74, 6) is -2.29. The van der Waals surface area contributed by atoms with Gasteiger partial charge in [0, 0.05) is 19.5 Å². The molecule has 1 heterocycles. The first kappa shape index (κ1) is 19.4. The van der Waals surface area contributed by atoms with E-state index in [0.29, 0.717) is 12.0 Å². The molecule has 0 fully saturated rings. The SMILES string of the molecule is COC(=O)c1cc(/C=C/C(=O)N2CCC=C(Cl)C2=O)ccc1OC(C)=O. The highest BCUT2D eigenvalue weighted by Gasteiger charge is 2.24. The van der Waals surface area contributed by atoms with E-state index in [1.165, 1.54) is 38.3 Å². The lowest BCUT2D eigenvalue weighted by Crippen LogP contribution is -2.38. The minimum Gasteiger partial charge on any atom is -0.465 e. The Morgan fingerprint density at radius 1 is 1.27 bits per heavy atom. The molecule has 0 saturated carbocycles. The van der Waals surface area contributed by atoms with E-state index in [1.807, 2.05) is 0 Å². The second-order valence-corrected chi connectivity index (χ2v) is 5.72. The van der Waals surface area contributed by atoms with Crippen molar-refractivity contribution in [2.24, 2.45) is 0 Å². The average molecular weight is 378 g/mol. The first-order chi connectivity index (χ1) is 12.3. The molecule has 0 bridgehead atoms. The van der Waals surface area contributed by atoms with Crippen LogP contribution < -0.4 is 4.74 Å². The van der Waals surface area contributed by atoms with Crippen molar-refractivity contribution in [3.8, 4) is 5.75 Å². The van der Waals surface area contributed by atoms with Crippen LogP contribution in [0.1, 0.15) is 29.3 Å². The molecule has 0 saturated heterocycles. The second-order valence-electron chi connectivity index (χ2n) is 5.31. The maximum atomic E-state index is 12.2. The number of amides is 2. The third-order valence-corrected chi connectivity index (χ3v) is 3.79. The van der Waals surface area contributed by atoms with Crippen molar-refractivity contribution in [3.63, 3.8) is 0 Å². The lowest BCUT2D eigenvalue weighted by Gasteiger charge is -2.21. The highest BCUT2D eigenvalue weighted by molar-refractivity contribution is 6.43. The van der Waals surface area contributed by atoms with Gasteiger partial charge in [0.15, 0.2) is 0 Å². The van der Waals surface area contributed by atoms with E-state index < -0.39 is 23.8 Å². The molecule has 0 radical (unpaired) electrons. The van der Waals surface area contributed by atoms with Crippen molar-refractivity contribution in [1.82, 2.24) is 4.90 Å². The number of ether oxygens (including phenoxy) is 2. The smallest absolute Gasteiger partial charge is 0.341 e. The predicted octanol–water partition coefficient (Wildman–Crippen LogP) is 2.29. The highest BCUT2D eigenvalue weighted by atomic mass is 35.5. The summed E-state index contributed by atoms with van der Waals surface area (Å²) >= 11 is 5.75. The van der Waals surface area contributed by atoms with E-state index in [1.54, 1.807) is 12.1 Å². The van der Waals surface area contributed by atoms with E-state index in [0.717, 1.165) is 4.90 Å². The number of carbonyl (C=O) groups is 4. The molecule has 1 aromatic carbocycles. The molecular formula is C18H16ClNO6. The highest BCUT2D eigenvalue weighted by Crippen LogP contribution is 2.22. The zero-order valence-corrected chi connectivity index (χ0v) is 14.9. The van der Waals surface area contributed by atoms with Gasteiger partial charge in [0.05, 0.1) is 7.11 Å². The van der Waals surface area contributed by atoms with Gasteiger partial charge in [-0.15, -0.1) is 0 Å². The zero-order valence-electron chi connectivity index (χ0n) is 14.2. The molecule has 2 rings (SSSR count). The average Bonchev–Trinajstić information content (AvgIpc) is 2.61. The summed E-state index contributed by atoms with van der Waals surface area (Å²) in [6.45, 7) is 1.46. The second kappa shape index (κ2) is 8.44. The Balaban J connectivity index is 2.23. The lowest BCUT2D eigenvalue weighted by atomic mass is 10.1. The summed E-state index contributed by atoms with van der Waals surface area (Å²) in [7, 11) is 1.20. The summed E-state index contributed by atoms with van der Waals surface area (Å²) in [5.41, 5.74) is 0.526. The minimum atomic E-state index is -0.689. The summed E-state index contributed by atoms with van der Waals surface area (Å²) in [4.78, 5) is 48.1. The molecular weight excluding hydrogens is 362 g/mol. The fourth-order valence-electron chi connectivity index (χ4n) is 2.27. The van der Waals surface area contributed by atoms with Crippen molar-refractivity contribution in [2.75, 3.05) is 13.7 Å². The standard InChI is InChI=1S/C18H16ClNO6/c1-11(21)26-15-7-5-12(10-13(15)18(24)25-2)6-8-16(22)20-9-3-4-14(19)17(20)23/h4-8,10H,3,9H2,1-2H3/b8-6+. The van der Waals surface area contributed by atoms with Gasteiger partial charge in [-0.05, 0) is 30.2 Å². The Morgan fingerprint density at radius 3 is 2.65 bits per heavy atom. The Bertz CT molecular complexity index is 827. The van der Waals surface area contributed by atoms with Crippen LogP contribution in [0.3, 0.4) is 0 Å². The number of carbonyl (C=O) groups excluding carboxylic acids is 4. The minimum absolute atomic E-state index is 0.0108. The van der Waals surface area contributed by atoms with Crippen LogP contribution in [0.25, 0.3) is 6.08 Å². The van der Waals surface area contributed by atoms with Crippen LogP contribution in [0.2, 0.25) is 0 Å². The van der Waals surface area contributed by atoms with Gasteiger partial charge in [-0.3, -0.25) is 19.3 Å². The van der Waals surface area contributed by atoms with Gasteiger partial charge >= 0.3 is 11.9 Å². The van der Waals surface area contributed by atoms with E-state index >= 15 is 0 Å². The van der Waals surface area contributed by atoms with Crippen molar-refractivity contribution in [1.29, 1.82) is 0 Å². The largest absolute Gasteiger partial charge is 0.465 e. The summed E-state index contributed by atoms with van der Waals surface area (Å²) in [6, 6.07) is 4.39. The van der Waals surface area contributed by atoms with Gasteiger partial charge in [-0.25, -0.2) is 4.79 Å². The molecule has 8 heteroatoms. The molecule has 0 spiro atoms. The number of hydrogen-bond acceptors (Lipinski definition) is 6. The Labute approximate surface area is 154 Å². The molecule has 0 N–H and O–H groups in total. The van der Waals surface area contributed by atoms with Crippen LogP contribution in [-0.2, 0) is 19.1 Å². The Hall–Kier alpha value is -2.93. The molecule has 7 nitrogen and oxygen atoms in total. The van der Waals surface area contributed by atoms with Gasteiger partial charge in [0.1, 0.15) is 16.3 Å².